The maximum Gasteiger partial charge on any atom is 0.224 e. The molecule has 1 aromatic rings. The molecule has 0 bridgehead atoms. The highest BCUT2D eigenvalue weighted by atomic mass is 16.2. The molecule has 4 heteroatoms. The number of hydrogen-bond donors (Lipinski definition) is 1. The smallest absolute Gasteiger partial charge is 0.224 e. The van der Waals surface area contributed by atoms with Crippen LogP contribution in [0.25, 0.3) is 0 Å². The third-order valence-corrected chi connectivity index (χ3v) is 4.35. The number of nitrogens with one attached hydrogen (secondary N) is 1. The molecule has 0 radical (unpaired) electrons. The van der Waals surface area contributed by atoms with Crippen molar-refractivity contribution in [1.29, 1.82) is 0 Å². The van der Waals surface area contributed by atoms with Crippen molar-refractivity contribution in [3.63, 3.8) is 0 Å². The average Bonchev–Trinajstić information content (AvgIpc) is 3.23. The summed E-state index contributed by atoms with van der Waals surface area (Å²) in [6.45, 7) is 11.7. The van der Waals surface area contributed by atoms with Gasteiger partial charge in [0.25, 0.3) is 0 Å². The van der Waals surface area contributed by atoms with Gasteiger partial charge in [-0.15, -0.1) is 0 Å². The monoisotopic (exact) mass is 316 g/mol. The second-order valence-electron chi connectivity index (χ2n) is 8.63. The molecule has 23 heavy (non-hydrogen) atoms. The number of Topliss-reactive ketones (excluding diaryl/α,β-unsaturated/α-hetero) is 1. The van der Waals surface area contributed by atoms with Gasteiger partial charge in [0, 0.05) is 29.1 Å². The van der Waals surface area contributed by atoms with Crippen molar-refractivity contribution >= 4 is 11.7 Å². The predicted octanol–water partition coefficient (Wildman–Crippen LogP) is 3.33. The summed E-state index contributed by atoms with van der Waals surface area (Å²) in [7, 11) is 0. The third kappa shape index (κ3) is 4.18. The summed E-state index contributed by atoms with van der Waals surface area (Å²) in [6, 6.07) is 5.30. The number of hydrogen-bond acceptors (Lipinski definition) is 3. The van der Waals surface area contributed by atoms with Crippen LogP contribution < -0.4 is 5.32 Å². The van der Waals surface area contributed by atoms with E-state index in [1.807, 2.05) is 59.7 Å². The van der Waals surface area contributed by atoms with Gasteiger partial charge in [-0.25, -0.2) is 0 Å². The van der Waals surface area contributed by atoms with Crippen LogP contribution in [0.5, 0.6) is 0 Å². The highest BCUT2D eigenvalue weighted by molar-refractivity contribution is 5.94. The Balaban J connectivity index is 2.07. The molecule has 0 aromatic carbocycles. The Kier molecular flexibility index (Phi) is 4.65. The van der Waals surface area contributed by atoms with Crippen molar-refractivity contribution in [3.05, 3.63) is 30.1 Å². The zero-order chi connectivity index (χ0) is 17.4. The van der Waals surface area contributed by atoms with E-state index in [9.17, 15) is 9.59 Å². The first kappa shape index (κ1) is 17.6. The first-order valence-electron chi connectivity index (χ1n) is 8.27. The molecule has 2 rings (SSSR count). The van der Waals surface area contributed by atoms with Gasteiger partial charge in [0.15, 0.2) is 5.78 Å². The molecule has 1 heterocycles. The maximum absolute atomic E-state index is 12.7. The SMILES string of the molecule is CC(C)(C)C(=O)[C@@H](NC(=O)[C@@H]1C[C@@H]1c1ccccn1)C(C)(C)C. The Bertz CT molecular complexity index is 582. The second-order valence-corrected chi connectivity index (χ2v) is 8.63. The van der Waals surface area contributed by atoms with Gasteiger partial charge in [-0.2, -0.15) is 0 Å². The Hall–Kier alpha value is -1.71. The van der Waals surface area contributed by atoms with E-state index in [-0.39, 0.29) is 28.9 Å². The molecule has 1 aliphatic carbocycles. The number of carbonyl (C=O) groups excluding carboxylic acids is 2. The summed E-state index contributed by atoms with van der Waals surface area (Å²) in [5.41, 5.74) is 0.173. The van der Waals surface area contributed by atoms with Gasteiger partial charge >= 0.3 is 0 Å². The van der Waals surface area contributed by atoms with Gasteiger partial charge < -0.3 is 5.32 Å². The Morgan fingerprint density at radius 1 is 1.17 bits per heavy atom. The number of carbonyl (C=O) groups is 2. The predicted molar refractivity (Wildman–Crippen MR) is 90.9 cm³/mol. The number of nitrogens with zero attached hydrogens (tertiary/aromatic N) is 1. The number of ketones is 1. The normalized spacial score (nSPS) is 22.3. The van der Waals surface area contributed by atoms with Gasteiger partial charge in [-0.1, -0.05) is 47.6 Å². The lowest BCUT2D eigenvalue weighted by molar-refractivity contribution is -0.135. The molecule has 1 N–H and O–H groups in total. The van der Waals surface area contributed by atoms with E-state index in [1.165, 1.54) is 0 Å². The molecular weight excluding hydrogens is 288 g/mol. The number of pyridine rings is 1. The number of amides is 1. The lowest BCUT2D eigenvalue weighted by Gasteiger charge is -2.34. The molecule has 4 nitrogen and oxygen atoms in total. The Labute approximate surface area is 139 Å². The van der Waals surface area contributed by atoms with Gasteiger partial charge in [0.1, 0.15) is 0 Å². The summed E-state index contributed by atoms with van der Waals surface area (Å²) in [5, 5.41) is 3.01. The minimum absolute atomic E-state index is 0.0295. The lowest BCUT2D eigenvalue weighted by Crippen LogP contribution is -2.53. The van der Waals surface area contributed by atoms with Gasteiger partial charge in [-0.05, 0) is 24.0 Å². The second kappa shape index (κ2) is 6.06. The fourth-order valence-corrected chi connectivity index (χ4v) is 2.76. The van der Waals surface area contributed by atoms with E-state index >= 15 is 0 Å². The molecule has 0 unspecified atom stereocenters. The zero-order valence-electron chi connectivity index (χ0n) is 15.0. The van der Waals surface area contributed by atoms with E-state index in [2.05, 4.69) is 10.3 Å². The average molecular weight is 316 g/mol. The van der Waals surface area contributed by atoms with E-state index in [0.717, 1.165) is 12.1 Å². The minimum atomic E-state index is -0.477. The van der Waals surface area contributed by atoms with Crippen LogP contribution >= 0.6 is 0 Å². The molecule has 1 fully saturated rings. The number of rotatable bonds is 4. The maximum atomic E-state index is 12.7. The standard InChI is InChI=1S/C19H28N2O2/c1-18(2,3)15(16(22)19(4,5)6)21-17(23)13-11-12(13)14-9-7-8-10-20-14/h7-10,12-13,15H,11H2,1-6H3,(H,21,23)/t12-,13+,15+/m0/s1. The van der Waals surface area contributed by atoms with E-state index < -0.39 is 11.5 Å². The van der Waals surface area contributed by atoms with Crippen LogP contribution in [0.15, 0.2) is 24.4 Å². The summed E-state index contributed by atoms with van der Waals surface area (Å²) in [5.74, 6) is 0.163. The highest BCUT2D eigenvalue weighted by Gasteiger charge is 2.47. The Morgan fingerprint density at radius 2 is 1.83 bits per heavy atom. The van der Waals surface area contributed by atoms with Crippen LogP contribution in [0.1, 0.15) is 59.6 Å². The molecule has 0 spiro atoms. The zero-order valence-corrected chi connectivity index (χ0v) is 15.0. The van der Waals surface area contributed by atoms with Crippen molar-refractivity contribution < 1.29 is 9.59 Å². The van der Waals surface area contributed by atoms with Gasteiger partial charge in [0.05, 0.1) is 6.04 Å². The van der Waals surface area contributed by atoms with Crippen LogP contribution in [0.3, 0.4) is 0 Å². The largest absolute Gasteiger partial charge is 0.345 e. The van der Waals surface area contributed by atoms with Crippen LogP contribution in [0, 0.1) is 16.7 Å². The van der Waals surface area contributed by atoms with Crippen molar-refractivity contribution in [1.82, 2.24) is 10.3 Å². The molecule has 0 saturated heterocycles. The molecule has 0 aliphatic heterocycles. The van der Waals surface area contributed by atoms with E-state index in [4.69, 9.17) is 0 Å². The minimum Gasteiger partial charge on any atom is -0.345 e. The van der Waals surface area contributed by atoms with E-state index in [0.29, 0.717) is 0 Å². The van der Waals surface area contributed by atoms with Crippen LogP contribution in [0.4, 0.5) is 0 Å². The fourth-order valence-electron chi connectivity index (χ4n) is 2.76. The van der Waals surface area contributed by atoms with Crippen LogP contribution in [-0.4, -0.2) is 22.7 Å². The van der Waals surface area contributed by atoms with Gasteiger partial charge in [-0.3, -0.25) is 14.6 Å². The molecule has 3 atom stereocenters. The van der Waals surface area contributed by atoms with Crippen LogP contribution in [0.2, 0.25) is 0 Å². The summed E-state index contributed by atoms with van der Waals surface area (Å²) in [6.07, 6.45) is 2.56. The molecule has 126 valence electrons. The van der Waals surface area contributed by atoms with Crippen molar-refractivity contribution in [2.75, 3.05) is 0 Å². The Morgan fingerprint density at radius 3 is 2.30 bits per heavy atom. The first-order chi connectivity index (χ1) is 10.5. The lowest BCUT2D eigenvalue weighted by atomic mass is 9.75. The topological polar surface area (TPSA) is 59.1 Å². The number of aromatic nitrogens is 1. The van der Waals surface area contributed by atoms with Crippen molar-refractivity contribution in [3.8, 4) is 0 Å². The van der Waals surface area contributed by atoms with Crippen molar-refractivity contribution in [2.24, 2.45) is 16.7 Å². The summed E-state index contributed by atoms with van der Waals surface area (Å²) in [4.78, 5) is 29.6. The summed E-state index contributed by atoms with van der Waals surface area (Å²) < 4.78 is 0. The highest BCUT2D eigenvalue weighted by Crippen LogP contribution is 2.47. The van der Waals surface area contributed by atoms with Crippen LogP contribution in [-0.2, 0) is 9.59 Å². The molecule has 1 aliphatic rings. The van der Waals surface area contributed by atoms with Crippen molar-refractivity contribution in [2.45, 2.75) is 59.9 Å². The summed E-state index contributed by atoms with van der Waals surface area (Å²) >= 11 is 0. The van der Waals surface area contributed by atoms with E-state index in [1.54, 1.807) is 6.20 Å². The quantitative estimate of drug-likeness (QED) is 0.927. The molecule has 1 aromatic heterocycles. The first-order valence-corrected chi connectivity index (χ1v) is 8.27. The fraction of sp³-hybridized carbons (Fsp3) is 0.632. The third-order valence-electron chi connectivity index (χ3n) is 4.35. The molecule has 1 amide bonds. The van der Waals surface area contributed by atoms with Gasteiger partial charge in [0.2, 0.25) is 5.91 Å². The molecule has 1 saturated carbocycles. The molecular formula is C19H28N2O2.